The molecule has 20 heavy (non-hydrogen) atoms. The number of nitrogens with one attached hydrogen (secondary N) is 1. The molecule has 0 heterocycles. The third kappa shape index (κ3) is 3.38. The molecule has 0 amide bonds. The summed E-state index contributed by atoms with van der Waals surface area (Å²) >= 11 is 9.43. The standard InChI is InChI=1S/C15H15BrClFN2/c1-9-7-11(16)5-6-12(9)14(20-19)8-10-3-2-4-13(18)15(10)17/h2-7,14,20H,8,19H2,1H3. The first-order valence-corrected chi connectivity index (χ1v) is 7.35. The van der Waals surface area contributed by atoms with Crippen LogP contribution in [-0.4, -0.2) is 0 Å². The van der Waals surface area contributed by atoms with Crippen molar-refractivity contribution in [3.8, 4) is 0 Å². The van der Waals surface area contributed by atoms with E-state index in [1.165, 1.54) is 6.07 Å². The second kappa shape index (κ2) is 6.68. The normalized spacial score (nSPS) is 12.4. The molecule has 0 spiro atoms. The summed E-state index contributed by atoms with van der Waals surface area (Å²) < 4.78 is 14.5. The van der Waals surface area contributed by atoms with Crippen LogP contribution in [0.3, 0.4) is 0 Å². The Hall–Kier alpha value is -0.940. The molecule has 3 N–H and O–H groups in total. The van der Waals surface area contributed by atoms with Crippen molar-refractivity contribution in [1.82, 2.24) is 5.43 Å². The van der Waals surface area contributed by atoms with E-state index < -0.39 is 5.82 Å². The number of hydrogen-bond acceptors (Lipinski definition) is 2. The summed E-state index contributed by atoms with van der Waals surface area (Å²) in [6.07, 6.45) is 0.523. The van der Waals surface area contributed by atoms with Crippen LogP contribution in [0.1, 0.15) is 22.7 Å². The first kappa shape index (κ1) is 15.4. The van der Waals surface area contributed by atoms with Crippen molar-refractivity contribution in [3.63, 3.8) is 0 Å². The summed E-state index contributed by atoms with van der Waals surface area (Å²) in [5.74, 6) is 5.24. The zero-order valence-corrected chi connectivity index (χ0v) is 13.3. The maximum Gasteiger partial charge on any atom is 0.142 e. The average Bonchev–Trinajstić information content (AvgIpc) is 2.41. The molecular weight excluding hydrogens is 343 g/mol. The Balaban J connectivity index is 2.31. The van der Waals surface area contributed by atoms with Gasteiger partial charge >= 0.3 is 0 Å². The molecule has 0 aliphatic carbocycles. The highest BCUT2D eigenvalue weighted by Gasteiger charge is 2.16. The second-order valence-electron chi connectivity index (χ2n) is 4.64. The minimum atomic E-state index is -0.410. The van der Waals surface area contributed by atoms with Crippen LogP contribution >= 0.6 is 27.5 Å². The molecule has 0 saturated heterocycles. The first-order chi connectivity index (χ1) is 9.52. The number of hydrogen-bond donors (Lipinski definition) is 2. The molecule has 0 saturated carbocycles. The molecule has 0 aliphatic heterocycles. The van der Waals surface area contributed by atoms with Crippen molar-refractivity contribution in [2.45, 2.75) is 19.4 Å². The van der Waals surface area contributed by atoms with Gasteiger partial charge in [0.15, 0.2) is 0 Å². The lowest BCUT2D eigenvalue weighted by Crippen LogP contribution is -2.30. The van der Waals surface area contributed by atoms with Crippen molar-refractivity contribution < 1.29 is 4.39 Å². The van der Waals surface area contributed by atoms with Crippen molar-refractivity contribution >= 4 is 27.5 Å². The first-order valence-electron chi connectivity index (χ1n) is 6.18. The van der Waals surface area contributed by atoms with Gasteiger partial charge in [0.1, 0.15) is 5.82 Å². The monoisotopic (exact) mass is 356 g/mol. The fourth-order valence-electron chi connectivity index (χ4n) is 2.21. The van der Waals surface area contributed by atoms with Crippen molar-refractivity contribution in [2.75, 3.05) is 0 Å². The predicted octanol–water partition coefficient (Wildman–Crippen LogP) is 4.30. The van der Waals surface area contributed by atoms with E-state index in [9.17, 15) is 4.39 Å². The molecule has 0 aromatic heterocycles. The summed E-state index contributed by atoms with van der Waals surface area (Å²) in [4.78, 5) is 0. The highest BCUT2D eigenvalue weighted by molar-refractivity contribution is 9.10. The van der Waals surface area contributed by atoms with Crippen LogP contribution in [0.4, 0.5) is 4.39 Å². The highest BCUT2D eigenvalue weighted by Crippen LogP contribution is 2.28. The van der Waals surface area contributed by atoms with Crippen LogP contribution in [0.5, 0.6) is 0 Å². The Morgan fingerprint density at radius 2 is 2.10 bits per heavy atom. The summed E-state index contributed by atoms with van der Waals surface area (Å²) in [6.45, 7) is 2.01. The number of hydrazine groups is 1. The lowest BCUT2D eigenvalue weighted by Gasteiger charge is -2.19. The maximum absolute atomic E-state index is 13.5. The van der Waals surface area contributed by atoms with Gasteiger partial charge < -0.3 is 0 Å². The van der Waals surface area contributed by atoms with Gasteiger partial charge in [0.2, 0.25) is 0 Å². The summed E-state index contributed by atoms with van der Waals surface area (Å²) in [6, 6.07) is 10.7. The van der Waals surface area contributed by atoms with Crippen molar-refractivity contribution in [3.05, 3.63) is 68.4 Å². The Morgan fingerprint density at radius 3 is 2.75 bits per heavy atom. The van der Waals surface area contributed by atoms with Crippen LogP contribution in [0.25, 0.3) is 0 Å². The lowest BCUT2D eigenvalue weighted by molar-refractivity contribution is 0.546. The van der Waals surface area contributed by atoms with Gasteiger partial charge in [-0.15, -0.1) is 0 Å². The fourth-order valence-corrected chi connectivity index (χ4v) is 2.89. The Kier molecular flexibility index (Phi) is 5.16. The number of nitrogens with two attached hydrogens (primary N) is 1. The smallest absolute Gasteiger partial charge is 0.142 e. The molecule has 0 bridgehead atoms. The molecular formula is C15H15BrClFN2. The minimum absolute atomic E-state index is 0.123. The number of halogens is 3. The molecule has 0 fully saturated rings. The third-order valence-electron chi connectivity index (χ3n) is 3.26. The average molecular weight is 358 g/mol. The van der Waals surface area contributed by atoms with E-state index in [2.05, 4.69) is 21.4 Å². The molecule has 2 aromatic carbocycles. The molecule has 1 atom stereocenters. The molecule has 5 heteroatoms. The van der Waals surface area contributed by atoms with E-state index in [0.29, 0.717) is 6.42 Å². The van der Waals surface area contributed by atoms with Crippen molar-refractivity contribution in [2.24, 2.45) is 5.84 Å². The molecule has 2 aromatic rings. The largest absolute Gasteiger partial charge is 0.271 e. The van der Waals surface area contributed by atoms with Gasteiger partial charge in [0.25, 0.3) is 0 Å². The van der Waals surface area contributed by atoms with Crippen LogP contribution in [-0.2, 0) is 6.42 Å². The molecule has 0 aliphatic rings. The van der Waals surface area contributed by atoms with E-state index in [1.807, 2.05) is 31.2 Å². The molecule has 0 radical (unpaired) electrons. The van der Waals surface area contributed by atoms with Gasteiger partial charge in [0, 0.05) is 4.47 Å². The summed E-state index contributed by atoms with van der Waals surface area (Å²) in [5, 5.41) is 0.155. The maximum atomic E-state index is 13.5. The summed E-state index contributed by atoms with van der Waals surface area (Å²) in [5.41, 5.74) is 5.68. The minimum Gasteiger partial charge on any atom is -0.271 e. The zero-order chi connectivity index (χ0) is 14.7. The van der Waals surface area contributed by atoms with Crippen LogP contribution in [0, 0.1) is 12.7 Å². The van der Waals surface area contributed by atoms with E-state index in [-0.39, 0.29) is 11.1 Å². The van der Waals surface area contributed by atoms with Gasteiger partial charge in [-0.2, -0.15) is 0 Å². The van der Waals surface area contributed by atoms with Gasteiger partial charge in [-0.3, -0.25) is 11.3 Å². The van der Waals surface area contributed by atoms with E-state index >= 15 is 0 Å². The van der Waals surface area contributed by atoms with E-state index in [4.69, 9.17) is 17.4 Å². The second-order valence-corrected chi connectivity index (χ2v) is 5.93. The lowest BCUT2D eigenvalue weighted by atomic mass is 9.96. The quantitative estimate of drug-likeness (QED) is 0.632. The Morgan fingerprint density at radius 1 is 1.35 bits per heavy atom. The third-order valence-corrected chi connectivity index (χ3v) is 4.18. The van der Waals surface area contributed by atoms with Crippen LogP contribution < -0.4 is 11.3 Å². The van der Waals surface area contributed by atoms with E-state index in [1.54, 1.807) is 6.07 Å². The fraction of sp³-hybridized carbons (Fsp3) is 0.200. The SMILES string of the molecule is Cc1cc(Br)ccc1C(Cc1cccc(F)c1Cl)NN. The van der Waals surface area contributed by atoms with Crippen molar-refractivity contribution in [1.29, 1.82) is 0 Å². The summed E-state index contributed by atoms with van der Waals surface area (Å²) in [7, 11) is 0. The molecule has 1 unspecified atom stereocenters. The predicted molar refractivity (Wildman–Crippen MR) is 84.1 cm³/mol. The topological polar surface area (TPSA) is 38.0 Å². The van der Waals surface area contributed by atoms with E-state index in [0.717, 1.165) is 21.2 Å². The van der Waals surface area contributed by atoms with Gasteiger partial charge in [-0.25, -0.2) is 4.39 Å². The molecule has 2 nitrogen and oxygen atoms in total. The number of benzene rings is 2. The Bertz CT molecular complexity index is 619. The van der Waals surface area contributed by atoms with Gasteiger partial charge in [-0.1, -0.05) is 45.7 Å². The van der Waals surface area contributed by atoms with Gasteiger partial charge in [-0.05, 0) is 48.2 Å². The molecule has 106 valence electrons. The molecule has 2 rings (SSSR count). The van der Waals surface area contributed by atoms with Crippen LogP contribution in [0.15, 0.2) is 40.9 Å². The number of rotatable bonds is 4. The van der Waals surface area contributed by atoms with Gasteiger partial charge in [0.05, 0.1) is 11.1 Å². The highest BCUT2D eigenvalue weighted by atomic mass is 79.9. The zero-order valence-electron chi connectivity index (χ0n) is 11.0. The number of aryl methyl sites for hydroxylation is 1. The van der Waals surface area contributed by atoms with Crippen LogP contribution in [0.2, 0.25) is 5.02 Å². The Labute approximate surface area is 131 Å².